The summed E-state index contributed by atoms with van der Waals surface area (Å²) in [5.74, 6) is 2.23. The summed E-state index contributed by atoms with van der Waals surface area (Å²) in [5.41, 5.74) is 0. The number of carbonyl (C=O) groups is 1. The van der Waals surface area contributed by atoms with Crippen molar-refractivity contribution in [1.29, 1.82) is 0 Å². The van der Waals surface area contributed by atoms with Gasteiger partial charge in [0.2, 0.25) is 0 Å². The number of rotatable bonds is 9. The minimum Gasteiger partial charge on any atom is -0.497 e. The molecule has 0 bridgehead atoms. The van der Waals surface area contributed by atoms with Crippen LogP contribution in [0.15, 0.2) is 24.3 Å². The Kier molecular flexibility index (Phi) is 8.02. The van der Waals surface area contributed by atoms with E-state index in [2.05, 4.69) is 33.9 Å². The van der Waals surface area contributed by atoms with Gasteiger partial charge in [-0.1, -0.05) is 20.8 Å². The van der Waals surface area contributed by atoms with E-state index in [-0.39, 0.29) is 28.8 Å². The van der Waals surface area contributed by atoms with Gasteiger partial charge >= 0.3 is 0 Å². The maximum Gasteiger partial charge on any atom is 0.192 e. The van der Waals surface area contributed by atoms with E-state index in [1.165, 1.54) is 0 Å². The molecular formula is C21H34O5SSi. The number of thioether (sulfide) groups is 1. The second-order valence-corrected chi connectivity index (χ2v) is 14.9. The Hall–Kier alpha value is -1.02. The van der Waals surface area contributed by atoms with Crippen LogP contribution in [0.4, 0.5) is 0 Å². The summed E-state index contributed by atoms with van der Waals surface area (Å²) in [6.07, 6.45) is 0.364. The quantitative estimate of drug-likeness (QED) is 0.594. The van der Waals surface area contributed by atoms with E-state index in [1.807, 2.05) is 24.3 Å². The van der Waals surface area contributed by atoms with Crippen LogP contribution >= 0.6 is 11.8 Å². The van der Waals surface area contributed by atoms with Crippen LogP contribution < -0.4 is 9.47 Å². The van der Waals surface area contributed by atoms with Gasteiger partial charge in [-0.05, 0) is 42.4 Å². The van der Waals surface area contributed by atoms with E-state index < -0.39 is 14.4 Å². The molecule has 1 fully saturated rings. The largest absolute Gasteiger partial charge is 0.497 e. The van der Waals surface area contributed by atoms with Crippen molar-refractivity contribution in [2.75, 3.05) is 19.5 Å². The summed E-state index contributed by atoms with van der Waals surface area (Å²) < 4.78 is 17.3. The first-order chi connectivity index (χ1) is 13.0. The fraction of sp³-hybridized carbons (Fsp3) is 0.667. The van der Waals surface area contributed by atoms with Crippen LogP contribution in [0.1, 0.15) is 33.6 Å². The molecule has 0 aliphatic heterocycles. The van der Waals surface area contributed by atoms with E-state index in [9.17, 15) is 9.90 Å². The fourth-order valence-corrected chi connectivity index (χ4v) is 5.47. The van der Waals surface area contributed by atoms with Gasteiger partial charge in [0.1, 0.15) is 23.9 Å². The molecule has 0 radical (unpaired) electrons. The maximum atomic E-state index is 12.0. The molecule has 0 saturated heterocycles. The van der Waals surface area contributed by atoms with Crippen LogP contribution in [0.5, 0.6) is 11.5 Å². The van der Waals surface area contributed by atoms with E-state index in [0.717, 1.165) is 5.75 Å². The highest BCUT2D eigenvalue weighted by Crippen LogP contribution is 2.41. The maximum absolute atomic E-state index is 12.0. The molecule has 3 unspecified atom stereocenters. The number of methoxy groups -OCH3 is 1. The predicted octanol–water partition coefficient (Wildman–Crippen LogP) is 4.29. The molecule has 0 aromatic heterocycles. The Morgan fingerprint density at radius 3 is 2.36 bits per heavy atom. The summed E-state index contributed by atoms with van der Waals surface area (Å²) in [6.45, 7) is 11.3. The smallest absolute Gasteiger partial charge is 0.192 e. The van der Waals surface area contributed by atoms with Crippen LogP contribution in [-0.2, 0) is 9.22 Å². The zero-order chi connectivity index (χ0) is 20.9. The lowest BCUT2D eigenvalue weighted by Gasteiger charge is -2.39. The third-order valence-electron chi connectivity index (χ3n) is 5.53. The minimum absolute atomic E-state index is 0.0481. The topological polar surface area (TPSA) is 65.0 Å². The van der Waals surface area contributed by atoms with Crippen molar-refractivity contribution in [1.82, 2.24) is 0 Å². The standard InChI is InChI=1S/C21H34O5SSi/c1-21(2,3)28(5,6)26-19-11-15(22)12-20(19)27-14-16(23)13-25-18-9-7-17(24-4)8-10-18/h7-10,16,19-20,23H,11-14H2,1-6H3. The highest BCUT2D eigenvalue weighted by Gasteiger charge is 2.43. The molecule has 1 aliphatic rings. The summed E-state index contributed by atoms with van der Waals surface area (Å²) >= 11 is 1.62. The van der Waals surface area contributed by atoms with Crippen LogP contribution in [0, 0.1) is 0 Å². The average molecular weight is 427 g/mol. The number of hydrogen-bond donors (Lipinski definition) is 1. The number of ether oxygens (including phenoxy) is 2. The number of aliphatic hydroxyl groups excluding tert-OH is 1. The lowest BCUT2D eigenvalue weighted by atomic mass is 10.2. The normalized spacial score (nSPS) is 21.6. The lowest BCUT2D eigenvalue weighted by molar-refractivity contribution is -0.117. The van der Waals surface area contributed by atoms with Gasteiger partial charge in [0, 0.05) is 23.8 Å². The van der Waals surface area contributed by atoms with Crippen molar-refractivity contribution in [3.63, 3.8) is 0 Å². The van der Waals surface area contributed by atoms with Gasteiger partial charge in [-0.2, -0.15) is 11.8 Å². The molecule has 1 N–H and O–H groups in total. The number of benzene rings is 1. The van der Waals surface area contributed by atoms with Crippen LogP contribution in [0.2, 0.25) is 18.1 Å². The SMILES string of the molecule is COc1ccc(OCC(O)CSC2CC(=O)CC2O[Si](C)(C)C(C)(C)C)cc1. The molecule has 3 atom stereocenters. The minimum atomic E-state index is -1.93. The Bertz CT molecular complexity index is 641. The summed E-state index contributed by atoms with van der Waals surface area (Å²) in [4.78, 5) is 12.0. The summed E-state index contributed by atoms with van der Waals surface area (Å²) in [7, 11) is -0.310. The Balaban J connectivity index is 1.82. The zero-order valence-electron chi connectivity index (χ0n) is 17.9. The van der Waals surface area contributed by atoms with Crippen molar-refractivity contribution >= 4 is 25.9 Å². The van der Waals surface area contributed by atoms with E-state index in [0.29, 0.717) is 24.3 Å². The fourth-order valence-electron chi connectivity index (χ4n) is 2.78. The van der Waals surface area contributed by atoms with Crippen molar-refractivity contribution in [3.05, 3.63) is 24.3 Å². The molecule has 1 aromatic carbocycles. The highest BCUT2D eigenvalue weighted by atomic mass is 32.2. The van der Waals surface area contributed by atoms with E-state index in [4.69, 9.17) is 13.9 Å². The second-order valence-electron chi connectivity index (χ2n) is 8.88. The first-order valence-electron chi connectivity index (χ1n) is 9.78. The van der Waals surface area contributed by atoms with Gasteiger partial charge in [-0.25, -0.2) is 0 Å². The Morgan fingerprint density at radius 1 is 1.18 bits per heavy atom. The molecule has 2 rings (SSSR count). The number of Topliss-reactive ketones (excluding diaryl/α,β-unsaturated/α-hetero) is 1. The number of aliphatic hydroxyl groups is 1. The highest BCUT2D eigenvalue weighted by molar-refractivity contribution is 8.00. The summed E-state index contributed by atoms with van der Waals surface area (Å²) in [5, 5.41) is 10.5. The summed E-state index contributed by atoms with van der Waals surface area (Å²) in [6, 6.07) is 7.28. The molecule has 0 spiro atoms. The van der Waals surface area contributed by atoms with Gasteiger partial charge in [0.15, 0.2) is 8.32 Å². The molecular weight excluding hydrogens is 392 g/mol. The van der Waals surface area contributed by atoms with Crippen molar-refractivity contribution < 1.29 is 23.8 Å². The first-order valence-corrected chi connectivity index (χ1v) is 13.7. The van der Waals surface area contributed by atoms with Crippen molar-refractivity contribution in [2.24, 2.45) is 0 Å². The van der Waals surface area contributed by atoms with Gasteiger partial charge in [-0.3, -0.25) is 4.79 Å². The molecule has 5 nitrogen and oxygen atoms in total. The molecule has 1 aromatic rings. The second kappa shape index (κ2) is 9.65. The van der Waals surface area contributed by atoms with Crippen LogP contribution in [-0.4, -0.2) is 56.1 Å². The number of hydrogen-bond acceptors (Lipinski definition) is 6. The van der Waals surface area contributed by atoms with Gasteiger partial charge < -0.3 is 19.0 Å². The molecule has 1 saturated carbocycles. The van der Waals surface area contributed by atoms with E-state index >= 15 is 0 Å². The molecule has 158 valence electrons. The van der Waals surface area contributed by atoms with Crippen LogP contribution in [0.25, 0.3) is 0 Å². The molecule has 1 aliphatic carbocycles. The van der Waals surface area contributed by atoms with E-state index in [1.54, 1.807) is 18.9 Å². The predicted molar refractivity (Wildman–Crippen MR) is 117 cm³/mol. The molecule has 0 heterocycles. The molecule has 7 heteroatoms. The first kappa shape index (κ1) is 23.3. The molecule has 0 amide bonds. The van der Waals surface area contributed by atoms with Gasteiger partial charge in [0.25, 0.3) is 0 Å². The number of ketones is 1. The third kappa shape index (κ3) is 6.51. The van der Waals surface area contributed by atoms with Crippen molar-refractivity contribution in [2.45, 2.75) is 69.2 Å². The average Bonchev–Trinajstić information content (AvgIpc) is 2.96. The molecule has 28 heavy (non-hydrogen) atoms. The Morgan fingerprint density at radius 2 is 1.79 bits per heavy atom. The monoisotopic (exact) mass is 426 g/mol. The van der Waals surface area contributed by atoms with Gasteiger partial charge in [-0.15, -0.1) is 0 Å². The zero-order valence-corrected chi connectivity index (χ0v) is 19.7. The van der Waals surface area contributed by atoms with Crippen molar-refractivity contribution in [3.8, 4) is 11.5 Å². The van der Waals surface area contributed by atoms with Crippen LogP contribution in [0.3, 0.4) is 0 Å². The lowest BCUT2D eigenvalue weighted by Crippen LogP contribution is -2.45. The Labute approximate surface area is 174 Å². The third-order valence-corrected chi connectivity index (χ3v) is 11.5. The number of carbonyl (C=O) groups excluding carboxylic acids is 1. The van der Waals surface area contributed by atoms with Gasteiger partial charge in [0.05, 0.1) is 19.3 Å².